The lowest BCUT2D eigenvalue weighted by molar-refractivity contribution is 0.606. The fraction of sp³-hybridized carbons (Fsp3) is 0.333. The van der Waals surface area contributed by atoms with Gasteiger partial charge in [0.15, 0.2) is 9.84 Å². The van der Waals surface area contributed by atoms with Crippen molar-refractivity contribution in [1.29, 1.82) is 0 Å². The average molecular weight is 227 g/mol. The zero-order valence-corrected chi connectivity index (χ0v) is 9.45. The van der Waals surface area contributed by atoms with Crippen LogP contribution in [0.3, 0.4) is 0 Å². The fourth-order valence-electron chi connectivity index (χ4n) is 0.879. The van der Waals surface area contributed by atoms with Crippen molar-refractivity contribution in [2.75, 3.05) is 5.75 Å². The Morgan fingerprint density at radius 3 is 2.60 bits per heavy atom. The maximum atomic E-state index is 11.2. The Balaban J connectivity index is 3.05. The summed E-state index contributed by atoms with van der Waals surface area (Å²) in [6.07, 6.45) is 2.99. The van der Waals surface area contributed by atoms with Gasteiger partial charge in [-0.2, -0.15) is 0 Å². The van der Waals surface area contributed by atoms with Crippen molar-refractivity contribution >= 4 is 15.5 Å². The third-order valence-corrected chi connectivity index (χ3v) is 3.20. The van der Waals surface area contributed by atoms with Gasteiger partial charge in [-0.25, -0.2) is 8.42 Å². The van der Waals surface area contributed by atoms with Crippen molar-refractivity contribution in [3.63, 3.8) is 0 Å². The molecule has 0 spiro atoms. The molecular formula is C9H13N3O2S. The molecule has 5 nitrogen and oxygen atoms in total. The van der Waals surface area contributed by atoms with Gasteiger partial charge in [0, 0.05) is 6.20 Å². The van der Waals surface area contributed by atoms with E-state index in [1.54, 1.807) is 13.8 Å². The third kappa shape index (κ3) is 3.32. The number of aryl methyl sites for hydroxylation is 1. The fourth-order valence-corrected chi connectivity index (χ4v) is 1.55. The topological polar surface area (TPSA) is 85.9 Å². The molecule has 0 aliphatic carbocycles. The summed E-state index contributed by atoms with van der Waals surface area (Å²) in [4.78, 5) is 7.95. The van der Waals surface area contributed by atoms with Crippen LogP contribution in [0.5, 0.6) is 0 Å². The summed E-state index contributed by atoms with van der Waals surface area (Å²) in [5, 5.41) is 1.02. The van der Waals surface area contributed by atoms with Gasteiger partial charge < -0.3 is 5.73 Å². The van der Waals surface area contributed by atoms with Gasteiger partial charge in [0.25, 0.3) is 0 Å². The van der Waals surface area contributed by atoms with Crippen LogP contribution in [0.25, 0.3) is 5.70 Å². The van der Waals surface area contributed by atoms with Crippen LogP contribution in [-0.2, 0) is 9.84 Å². The van der Waals surface area contributed by atoms with E-state index in [0.717, 1.165) is 11.1 Å². The minimum atomic E-state index is -3.23. The van der Waals surface area contributed by atoms with E-state index in [-0.39, 0.29) is 11.4 Å². The number of nitrogens with two attached hydrogens (primary N) is 1. The number of hydrogen-bond acceptors (Lipinski definition) is 5. The molecule has 1 rings (SSSR count). The second kappa shape index (κ2) is 4.39. The van der Waals surface area contributed by atoms with Crippen molar-refractivity contribution in [3.05, 3.63) is 29.2 Å². The second-order valence-corrected chi connectivity index (χ2v) is 5.21. The van der Waals surface area contributed by atoms with Gasteiger partial charge in [-0.15, -0.1) is 0 Å². The van der Waals surface area contributed by atoms with Crippen LogP contribution in [-0.4, -0.2) is 24.1 Å². The first-order valence-electron chi connectivity index (χ1n) is 4.43. The van der Waals surface area contributed by atoms with Crippen LogP contribution in [0, 0.1) is 6.92 Å². The predicted octanol–water partition coefficient (Wildman–Crippen LogP) is 0.477. The maximum absolute atomic E-state index is 11.2. The largest absolute Gasteiger partial charge is 0.396 e. The molecule has 0 aliphatic rings. The zero-order chi connectivity index (χ0) is 11.5. The quantitative estimate of drug-likeness (QED) is 0.811. The molecule has 0 aliphatic heterocycles. The van der Waals surface area contributed by atoms with Gasteiger partial charge in [0.1, 0.15) is 5.69 Å². The molecule has 82 valence electrons. The lowest BCUT2D eigenvalue weighted by Crippen LogP contribution is -2.06. The Hall–Kier alpha value is -1.43. The van der Waals surface area contributed by atoms with Crippen molar-refractivity contribution in [2.45, 2.75) is 13.8 Å². The number of aromatic nitrogens is 2. The molecule has 0 fully saturated rings. The molecule has 0 unspecified atom stereocenters. The lowest BCUT2D eigenvalue weighted by atomic mass is 10.3. The van der Waals surface area contributed by atoms with E-state index < -0.39 is 9.84 Å². The van der Waals surface area contributed by atoms with Crippen LogP contribution < -0.4 is 5.73 Å². The molecule has 0 saturated heterocycles. The molecule has 0 saturated carbocycles. The van der Waals surface area contributed by atoms with Crippen LogP contribution in [0.2, 0.25) is 0 Å². The van der Waals surface area contributed by atoms with E-state index in [4.69, 9.17) is 5.73 Å². The highest BCUT2D eigenvalue weighted by molar-refractivity contribution is 7.94. The maximum Gasteiger partial charge on any atom is 0.173 e. The summed E-state index contributed by atoms with van der Waals surface area (Å²) in [6, 6.07) is 0. The van der Waals surface area contributed by atoms with Crippen LogP contribution in [0.4, 0.5) is 0 Å². The minimum absolute atomic E-state index is 0.0208. The Kier molecular flexibility index (Phi) is 3.41. The van der Waals surface area contributed by atoms with Gasteiger partial charge >= 0.3 is 0 Å². The average Bonchev–Trinajstić information content (AvgIpc) is 2.18. The van der Waals surface area contributed by atoms with Crippen molar-refractivity contribution in [2.24, 2.45) is 5.73 Å². The molecule has 1 heterocycles. The number of nitrogens with zero attached hydrogens (tertiary/aromatic N) is 2. The van der Waals surface area contributed by atoms with Crippen LogP contribution >= 0.6 is 0 Å². The molecule has 0 radical (unpaired) electrons. The van der Waals surface area contributed by atoms with Crippen LogP contribution in [0.1, 0.15) is 18.3 Å². The summed E-state index contributed by atoms with van der Waals surface area (Å²) >= 11 is 0. The molecule has 0 atom stereocenters. The highest BCUT2D eigenvalue weighted by Gasteiger charge is 2.06. The van der Waals surface area contributed by atoms with Crippen LogP contribution in [0.15, 0.2) is 17.8 Å². The normalized spacial score (nSPS) is 12.8. The van der Waals surface area contributed by atoms with E-state index in [1.807, 2.05) is 0 Å². The highest BCUT2D eigenvalue weighted by Crippen LogP contribution is 2.06. The predicted molar refractivity (Wildman–Crippen MR) is 58.4 cm³/mol. The second-order valence-electron chi connectivity index (χ2n) is 3.07. The van der Waals surface area contributed by atoms with E-state index in [1.165, 1.54) is 12.4 Å². The minimum Gasteiger partial charge on any atom is -0.396 e. The monoisotopic (exact) mass is 227 g/mol. The van der Waals surface area contributed by atoms with Gasteiger partial charge in [-0.05, 0) is 6.92 Å². The van der Waals surface area contributed by atoms with E-state index in [9.17, 15) is 8.42 Å². The number of sulfone groups is 1. The SMILES string of the molecule is CCS(=O)(=O)C=C(N)c1cnc(C)cn1. The van der Waals surface area contributed by atoms with Crippen molar-refractivity contribution < 1.29 is 8.42 Å². The molecule has 6 heteroatoms. The van der Waals surface area contributed by atoms with Gasteiger partial charge in [-0.3, -0.25) is 9.97 Å². The Morgan fingerprint density at radius 2 is 2.13 bits per heavy atom. The summed E-state index contributed by atoms with van der Waals surface area (Å²) in [5.74, 6) is 0.0208. The van der Waals surface area contributed by atoms with E-state index in [0.29, 0.717) is 5.69 Å². The smallest absolute Gasteiger partial charge is 0.173 e. The van der Waals surface area contributed by atoms with Crippen molar-refractivity contribution in [1.82, 2.24) is 9.97 Å². The molecule has 1 aromatic heterocycles. The van der Waals surface area contributed by atoms with E-state index >= 15 is 0 Å². The van der Waals surface area contributed by atoms with Gasteiger partial charge in [-0.1, -0.05) is 6.92 Å². The third-order valence-electron chi connectivity index (χ3n) is 1.79. The van der Waals surface area contributed by atoms with Gasteiger partial charge in [0.2, 0.25) is 0 Å². The van der Waals surface area contributed by atoms with Crippen molar-refractivity contribution in [3.8, 4) is 0 Å². The summed E-state index contributed by atoms with van der Waals surface area (Å²) in [5.41, 5.74) is 6.83. The molecular weight excluding hydrogens is 214 g/mol. The first-order valence-corrected chi connectivity index (χ1v) is 6.15. The molecule has 1 aromatic rings. The molecule has 0 amide bonds. The molecule has 15 heavy (non-hydrogen) atoms. The first kappa shape index (κ1) is 11.6. The Labute approximate surface area is 89.0 Å². The molecule has 0 bridgehead atoms. The summed E-state index contributed by atoms with van der Waals surface area (Å²) in [7, 11) is -3.23. The lowest BCUT2D eigenvalue weighted by Gasteiger charge is -2.00. The highest BCUT2D eigenvalue weighted by atomic mass is 32.2. The summed E-state index contributed by atoms with van der Waals surface area (Å²) in [6.45, 7) is 3.35. The van der Waals surface area contributed by atoms with Gasteiger partial charge in [0.05, 0.1) is 28.7 Å². The van der Waals surface area contributed by atoms with E-state index in [2.05, 4.69) is 9.97 Å². The Bertz CT molecular complexity index is 463. The zero-order valence-electron chi connectivity index (χ0n) is 8.64. The molecule has 0 aromatic carbocycles. The first-order chi connectivity index (χ1) is 6.94. The standard InChI is InChI=1S/C9H13N3O2S/c1-3-15(13,14)6-8(10)9-5-11-7(2)4-12-9/h4-6H,3,10H2,1-2H3. The number of rotatable bonds is 3. The summed E-state index contributed by atoms with van der Waals surface area (Å²) < 4.78 is 22.5. The number of hydrogen-bond donors (Lipinski definition) is 1. The molecule has 2 N–H and O–H groups in total. The Morgan fingerprint density at radius 1 is 1.47 bits per heavy atom.